The molecule has 3 aromatic rings. The van der Waals surface area contributed by atoms with Gasteiger partial charge in [0.2, 0.25) is 0 Å². The Morgan fingerprint density at radius 1 is 1.06 bits per heavy atom. The fraction of sp³-hybridized carbons (Fsp3) is 0.464. The van der Waals surface area contributed by atoms with E-state index < -0.39 is 5.97 Å². The molecule has 172 valence electrons. The second-order valence-electron chi connectivity index (χ2n) is 9.81. The van der Waals surface area contributed by atoms with Crippen molar-refractivity contribution >= 4 is 16.9 Å². The van der Waals surface area contributed by atoms with E-state index in [1.165, 1.54) is 17.4 Å². The smallest absolute Gasteiger partial charge is 0.303 e. The van der Waals surface area contributed by atoms with E-state index in [2.05, 4.69) is 62.2 Å². The van der Waals surface area contributed by atoms with E-state index in [9.17, 15) is 9.90 Å². The summed E-state index contributed by atoms with van der Waals surface area (Å²) in [5.41, 5.74) is 3.64. The minimum absolute atomic E-state index is 0.0703. The number of nitrogens with one attached hydrogen (secondary N) is 1. The van der Waals surface area contributed by atoms with E-state index in [1.807, 2.05) is 24.3 Å². The molecule has 1 heterocycles. The molecule has 0 radical (unpaired) electrons. The SMILES string of the molecule is CC1CCC(C(C)(C)c2ccccc2)C(O)C1.O=C(O)CCCc1cc2ccccc2[nH]1. The van der Waals surface area contributed by atoms with Gasteiger partial charge in [-0.25, -0.2) is 0 Å². The van der Waals surface area contributed by atoms with Crippen LogP contribution in [0.2, 0.25) is 0 Å². The fourth-order valence-corrected chi connectivity index (χ4v) is 4.97. The van der Waals surface area contributed by atoms with Crippen molar-refractivity contribution < 1.29 is 15.0 Å². The summed E-state index contributed by atoms with van der Waals surface area (Å²) in [5.74, 6) is 0.333. The average Bonchev–Trinajstić information content (AvgIpc) is 3.17. The van der Waals surface area contributed by atoms with Crippen LogP contribution in [0.3, 0.4) is 0 Å². The monoisotopic (exact) mass is 435 g/mol. The zero-order valence-corrected chi connectivity index (χ0v) is 19.6. The number of carbonyl (C=O) groups is 1. The number of hydrogen-bond donors (Lipinski definition) is 3. The van der Waals surface area contributed by atoms with Crippen LogP contribution < -0.4 is 0 Å². The molecular formula is C28H37NO3. The summed E-state index contributed by atoms with van der Waals surface area (Å²) < 4.78 is 0. The van der Waals surface area contributed by atoms with Crippen molar-refractivity contribution in [2.45, 2.75) is 70.8 Å². The second-order valence-corrected chi connectivity index (χ2v) is 9.81. The number of H-pyrrole nitrogens is 1. The van der Waals surface area contributed by atoms with Gasteiger partial charge in [0.05, 0.1) is 6.10 Å². The molecule has 0 aliphatic heterocycles. The Bertz CT molecular complexity index is 959. The molecule has 0 saturated heterocycles. The van der Waals surface area contributed by atoms with Crippen LogP contribution in [0.4, 0.5) is 0 Å². The molecule has 0 spiro atoms. The Hall–Kier alpha value is -2.59. The zero-order chi connectivity index (χ0) is 23.1. The molecule has 0 bridgehead atoms. The van der Waals surface area contributed by atoms with Gasteiger partial charge in [-0.05, 0) is 66.0 Å². The summed E-state index contributed by atoms with van der Waals surface area (Å²) in [4.78, 5) is 13.6. The van der Waals surface area contributed by atoms with Gasteiger partial charge in [-0.3, -0.25) is 4.79 Å². The first-order valence-electron chi connectivity index (χ1n) is 11.8. The van der Waals surface area contributed by atoms with Crippen LogP contribution in [0.15, 0.2) is 60.7 Å². The number of carboxylic acids is 1. The van der Waals surface area contributed by atoms with E-state index in [1.54, 1.807) is 0 Å². The highest BCUT2D eigenvalue weighted by Gasteiger charge is 2.38. The number of aromatic nitrogens is 1. The lowest BCUT2D eigenvalue weighted by atomic mass is 9.64. The molecule has 4 heteroatoms. The highest BCUT2D eigenvalue weighted by Crippen LogP contribution is 2.42. The number of hydrogen-bond acceptors (Lipinski definition) is 2. The second kappa shape index (κ2) is 10.8. The van der Waals surface area contributed by atoms with Crippen molar-refractivity contribution in [1.82, 2.24) is 4.98 Å². The van der Waals surface area contributed by atoms with Crippen molar-refractivity contribution in [3.63, 3.8) is 0 Å². The van der Waals surface area contributed by atoms with Gasteiger partial charge in [-0.2, -0.15) is 0 Å². The van der Waals surface area contributed by atoms with Gasteiger partial charge in [0.25, 0.3) is 0 Å². The van der Waals surface area contributed by atoms with Gasteiger partial charge in [0.15, 0.2) is 0 Å². The number of para-hydroxylation sites is 1. The third-order valence-corrected chi connectivity index (χ3v) is 6.95. The van der Waals surface area contributed by atoms with Crippen LogP contribution in [-0.4, -0.2) is 27.3 Å². The van der Waals surface area contributed by atoms with Crippen LogP contribution >= 0.6 is 0 Å². The Labute approximate surface area is 191 Å². The Kier molecular flexibility index (Phi) is 8.14. The number of carboxylic acid groups (broad SMARTS) is 1. The summed E-state index contributed by atoms with van der Waals surface area (Å²) in [6, 6.07) is 20.7. The highest BCUT2D eigenvalue weighted by atomic mass is 16.4. The largest absolute Gasteiger partial charge is 0.481 e. The van der Waals surface area contributed by atoms with Crippen molar-refractivity contribution in [2.75, 3.05) is 0 Å². The number of benzene rings is 2. The molecule has 3 atom stereocenters. The number of aryl methyl sites for hydroxylation is 1. The van der Waals surface area contributed by atoms with Gasteiger partial charge in [0, 0.05) is 17.6 Å². The molecule has 32 heavy (non-hydrogen) atoms. The van der Waals surface area contributed by atoms with Crippen LogP contribution in [0.5, 0.6) is 0 Å². The number of aliphatic carboxylic acids is 1. The topological polar surface area (TPSA) is 73.3 Å². The molecule has 1 aliphatic carbocycles. The predicted molar refractivity (Wildman–Crippen MR) is 131 cm³/mol. The average molecular weight is 436 g/mol. The Morgan fingerprint density at radius 3 is 2.41 bits per heavy atom. The number of aliphatic hydroxyl groups excluding tert-OH is 1. The third-order valence-electron chi connectivity index (χ3n) is 6.95. The van der Waals surface area contributed by atoms with Gasteiger partial charge < -0.3 is 15.2 Å². The van der Waals surface area contributed by atoms with E-state index in [0.717, 1.165) is 30.5 Å². The molecule has 2 aromatic carbocycles. The van der Waals surface area contributed by atoms with Crippen molar-refractivity contribution in [1.29, 1.82) is 0 Å². The summed E-state index contributed by atoms with van der Waals surface area (Å²) in [7, 11) is 0. The first-order valence-corrected chi connectivity index (χ1v) is 11.8. The lowest BCUT2D eigenvalue weighted by Gasteiger charge is -2.42. The van der Waals surface area contributed by atoms with Crippen LogP contribution in [0.1, 0.15) is 64.1 Å². The lowest BCUT2D eigenvalue weighted by Crippen LogP contribution is -2.41. The molecule has 1 aliphatic rings. The molecule has 1 fully saturated rings. The summed E-state index contributed by atoms with van der Waals surface area (Å²) in [6.45, 7) is 6.79. The molecule has 3 unspecified atom stereocenters. The maximum Gasteiger partial charge on any atom is 0.303 e. The van der Waals surface area contributed by atoms with E-state index in [0.29, 0.717) is 18.3 Å². The standard InChI is InChI=1S/C16H24O.C12H13NO2/c1-12-9-10-14(15(17)11-12)16(2,3)13-7-5-4-6-8-13;14-12(15)7-3-5-10-8-9-4-1-2-6-11(9)13-10/h4-8,12,14-15,17H,9-11H2,1-3H3;1-2,4,6,8,13H,3,5,7H2,(H,14,15). The minimum atomic E-state index is -0.730. The maximum absolute atomic E-state index is 10.4. The van der Waals surface area contributed by atoms with Crippen LogP contribution in [-0.2, 0) is 16.6 Å². The van der Waals surface area contributed by atoms with Gasteiger partial charge in [-0.15, -0.1) is 0 Å². The Morgan fingerprint density at radius 2 is 1.75 bits per heavy atom. The number of aromatic amines is 1. The molecular weight excluding hydrogens is 398 g/mol. The van der Waals surface area contributed by atoms with Crippen molar-refractivity contribution in [2.24, 2.45) is 11.8 Å². The molecule has 0 amide bonds. The van der Waals surface area contributed by atoms with Gasteiger partial charge in [0.1, 0.15) is 0 Å². The number of rotatable bonds is 6. The maximum atomic E-state index is 10.4. The van der Waals surface area contributed by atoms with E-state index in [-0.39, 0.29) is 17.9 Å². The Balaban J connectivity index is 0.000000182. The molecule has 3 N–H and O–H groups in total. The zero-order valence-electron chi connectivity index (χ0n) is 19.6. The van der Waals surface area contributed by atoms with Crippen molar-refractivity contribution in [3.05, 3.63) is 71.9 Å². The fourth-order valence-electron chi connectivity index (χ4n) is 4.97. The minimum Gasteiger partial charge on any atom is -0.481 e. The predicted octanol–water partition coefficient (Wildman–Crippen LogP) is 6.34. The number of aliphatic hydroxyl groups is 1. The molecule has 4 rings (SSSR count). The van der Waals surface area contributed by atoms with Crippen molar-refractivity contribution in [3.8, 4) is 0 Å². The van der Waals surface area contributed by atoms with Crippen LogP contribution in [0.25, 0.3) is 10.9 Å². The quantitative estimate of drug-likeness (QED) is 0.423. The van der Waals surface area contributed by atoms with E-state index >= 15 is 0 Å². The van der Waals surface area contributed by atoms with Gasteiger partial charge >= 0.3 is 5.97 Å². The normalized spacial score (nSPS) is 21.1. The summed E-state index contributed by atoms with van der Waals surface area (Å²) in [6.07, 6.45) is 4.91. The molecule has 1 aromatic heterocycles. The first-order chi connectivity index (χ1) is 15.3. The van der Waals surface area contributed by atoms with Gasteiger partial charge in [-0.1, -0.05) is 75.7 Å². The lowest BCUT2D eigenvalue weighted by molar-refractivity contribution is -0.137. The van der Waals surface area contributed by atoms with Crippen LogP contribution in [0, 0.1) is 11.8 Å². The molecule has 4 nitrogen and oxygen atoms in total. The molecule has 1 saturated carbocycles. The number of fused-ring (bicyclic) bond motifs is 1. The third kappa shape index (κ3) is 6.23. The summed E-state index contributed by atoms with van der Waals surface area (Å²) in [5, 5.41) is 20.0. The summed E-state index contributed by atoms with van der Waals surface area (Å²) >= 11 is 0. The van der Waals surface area contributed by atoms with E-state index in [4.69, 9.17) is 5.11 Å². The first kappa shape index (κ1) is 24.1. The highest BCUT2D eigenvalue weighted by molar-refractivity contribution is 5.80.